The molecule has 3 aromatic rings. The number of aromatic nitrogens is 3. The molecule has 1 aliphatic heterocycles. The van der Waals surface area contributed by atoms with Crippen molar-refractivity contribution in [2.45, 2.75) is 19.4 Å². The molecular formula is C21H22N6O2. The number of fused-ring (bicyclic) bond motifs is 1. The molecule has 0 amide bonds. The number of allylic oxidation sites excluding steroid dienone is 1. The molecule has 3 N–H and O–H groups in total. The van der Waals surface area contributed by atoms with Gasteiger partial charge in [-0.05, 0) is 31.5 Å². The van der Waals surface area contributed by atoms with Gasteiger partial charge in [-0.25, -0.2) is 0 Å². The lowest BCUT2D eigenvalue weighted by molar-refractivity contribution is 0.417. The second kappa shape index (κ2) is 8.14. The Hall–Kier alpha value is -3.68. The van der Waals surface area contributed by atoms with E-state index >= 15 is 0 Å². The second-order valence-corrected chi connectivity index (χ2v) is 6.94. The number of hydrogen-bond acceptors (Lipinski definition) is 7. The van der Waals surface area contributed by atoms with Gasteiger partial charge in [-0.1, -0.05) is 17.7 Å². The van der Waals surface area contributed by atoms with Crippen LogP contribution in [0.5, 0.6) is 6.01 Å². The molecule has 2 aromatic heterocycles. The first-order valence-corrected chi connectivity index (χ1v) is 9.41. The van der Waals surface area contributed by atoms with Crippen LogP contribution in [0.1, 0.15) is 12.0 Å². The number of rotatable bonds is 5. The quantitative estimate of drug-likeness (QED) is 0.510. The van der Waals surface area contributed by atoms with Crippen LogP contribution in [0.2, 0.25) is 0 Å². The van der Waals surface area contributed by atoms with Gasteiger partial charge in [-0.15, -0.1) is 0 Å². The fourth-order valence-electron chi connectivity index (χ4n) is 3.26. The largest absolute Gasteiger partial charge is 0.422 e. The van der Waals surface area contributed by atoms with Crippen LogP contribution in [0.4, 0.5) is 5.69 Å². The fraction of sp³-hybridized carbons (Fsp3) is 0.238. The Kier molecular flexibility index (Phi) is 5.24. The smallest absolute Gasteiger partial charge is 0.302 e. The van der Waals surface area contributed by atoms with Crippen molar-refractivity contribution in [2.24, 2.45) is 10.7 Å². The van der Waals surface area contributed by atoms with E-state index in [-0.39, 0.29) is 17.6 Å². The topological polar surface area (TPSA) is 109 Å². The first-order chi connectivity index (χ1) is 14.1. The molecule has 0 saturated carbocycles. The second-order valence-electron chi connectivity index (χ2n) is 6.94. The van der Waals surface area contributed by atoms with Gasteiger partial charge in [0.2, 0.25) is 0 Å². The minimum Gasteiger partial charge on any atom is -0.422 e. The van der Waals surface area contributed by atoms with Crippen LogP contribution in [0.25, 0.3) is 10.9 Å². The molecule has 0 radical (unpaired) electrons. The lowest BCUT2D eigenvalue weighted by Crippen LogP contribution is -2.20. The number of hydrogen-bond donors (Lipinski definition) is 2. The number of nitrogens with one attached hydrogen (secondary N) is 1. The number of nitrogens with two attached hydrogens (primary N) is 1. The van der Waals surface area contributed by atoms with Crippen molar-refractivity contribution in [3.05, 3.63) is 70.6 Å². The monoisotopic (exact) mass is 390 g/mol. The van der Waals surface area contributed by atoms with Crippen LogP contribution in [0.3, 0.4) is 0 Å². The number of aliphatic imine (C=N–C) groups is 1. The Morgan fingerprint density at radius 2 is 2.17 bits per heavy atom. The molecular weight excluding hydrogens is 368 g/mol. The summed E-state index contributed by atoms with van der Waals surface area (Å²) in [5.41, 5.74) is 8.26. The maximum Gasteiger partial charge on any atom is 0.302 e. The zero-order chi connectivity index (χ0) is 20.2. The van der Waals surface area contributed by atoms with Crippen molar-refractivity contribution in [3.63, 3.8) is 0 Å². The first-order valence-electron chi connectivity index (χ1n) is 9.41. The van der Waals surface area contributed by atoms with Gasteiger partial charge in [0.25, 0.3) is 5.56 Å². The van der Waals surface area contributed by atoms with E-state index < -0.39 is 0 Å². The molecule has 148 valence electrons. The number of pyridine rings is 1. The highest BCUT2D eigenvalue weighted by Gasteiger charge is 2.21. The van der Waals surface area contributed by atoms with Crippen molar-refractivity contribution < 1.29 is 4.74 Å². The third-order valence-electron chi connectivity index (χ3n) is 4.84. The van der Waals surface area contributed by atoms with Gasteiger partial charge < -0.3 is 15.4 Å². The molecule has 0 aliphatic carbocycles. The highest BCUT2D eigenvalue weighted by Crippen LogP contribution is 2.22. The summed E-state index contributed by atoms with van der Waals surface area (Å²) in [5, 5.41) is 0.446. The molecule has 4 rings (SSSR count). The Morgan fingerprint density at radius 3 is 2.97 bits per heavy atom. The molecule has 8 heteroatoms. The van der Waals surface area contributed by atoms with Crippen LogP contribution in [-0.4, -0.2) is 40.3 Å². The standard InChI is InChI=1S/C21H22N6O2/c1-14-2-4-16(5-3-14)27-9-7-15(13-27)24-11-17(10-22)29-21-25-19-12-23-8-6-18(19)20(28)26-21/h2-6,8,10-12,15H,7,9,13,22H2,1H3,(H,25,26,28). The van der Waals surface area contributed by atoms with Crippen molar-refractivity contribution in [1.82, 2.24) is 15.0 Å². The maximum atomic E-state index is 12.1. The lowest BCUT2D eigenvalue weighted by Gasteiger charge is -2.17. The number of ether oxygens (including phenoxy) is 1. The van der Waals surface area contributed by atoms with Gasteiger partial charge in [0.05, 0.1) is 29.4 Å². The van der Waals surface area contributed by atoms with E-state index in [0.29, 0.717) is 16.7 Å². The third kappa shape index (κ3) is 4.26. The van der Waals surface area contributed by atoms with Crippen molar-refractivity contribution in [3.8, 4) is 6.01 Å². The lowest BCUT2D eigenvalue weighted by atomic mass is 10.2. The predicted octanol–water partition coefficient (Wildman–Crippen LogP) is 2.16. The van der Waals surface area contributed by atoms with Crippen molar-refractivity contribution in [1.29, 1.82) is 0 Å². The van der Waals surface area contributed by atoms with Gasteiger partial charge in [0.1, 0.15) is 0 Å². The molecule has 1 atom stereocenters. The van der Waals surface area contributed by atoms with E-state index in [0.717, 1.165) is 19.5 Å². The van der Waals surface area contributed by atoms with Crippen molar-refractivity contribution in [2.75, 3.05) is 18.0 Å². The molecule has 8 nitrogen and oxygen atoms in total. The highest BCUT2D eigenvalue weighted by molar-refractivity contribution is 5.78. The van der Waals surface area contributed by atoms with Crippen LogP contribution in [-0.2, 0) is 0 Å². The molecule has 1 fully saturated rings. The van der Waals surface area contributed by atoms with E-state index in [4.69, 9.17) is 10.5 Å². The molecule has 1 unspecified atom stereocenters. The Balaban J connectivity index is 1.42. The van der Waals surface area contributed by atoms with E-state index in [1.807, 2.05) is 0 Å². The molecule has 3 heterocycles. The maximum absolute atomic E-state index is 12.1. The minimum absolute atomic E-state index is 0.0475. The third-order valence-corrected chi connectivity index (χ3v) is 4.84. The number of nitrogens with zero attached hydrogens (tertiary/aromatic N) is 4. The summed E-state index contributed by atoms with van der Waals surface area (Å²) in [6.07, 6.45) is 6.87. The molecule has 1 aromatic carbocycles. The van der Waals surface area contributed by atoms with E-state index in [2.05, 4.69) is 56.0 Å². The zero-order valence-electron chi connectivity index (χ0n) is 16.1. The molecule has 1 aliphatic rings. The average Bonchev–Trinajstić information content (AvgIpc) is 3.21. The molecule has 0 bridgehead atoms. The minimum atomic E-state index is -0.301. The van der Waals surface area contributed by atoms with Crippen LogP contribution in [0.15, 0.2) is 64.5 Å². The van der Waals surface area contributed by atoms with Gasteiger partial charge in [-0.3, -0.25) is 19.8 Å². The summed E-state index contributed by atoms with van der Waals surface area (Å²) < 4.78 is 5.62. The molecule has 29 heavy (non-hydrogen) atoms. The SMILES string of the molecule is Cc1ccc(N2CCC(N=CC(=CN)Oc3nc4cnccc4c(=O)[nH]3)C2)cc1. The van der Waals surface area contributed by atoms with E-state index in [9.17, 15) is 4.79 Å². The predicted molar refractivity (Wildman–Crippen MR) is 113 cm³/mol. The van der Waals surface area contributed by atoms with Crippen molar-refractivity contribution >= 4 is 22.8 Å². The van der Waals surface area contributed by atoms with Crippen LogP contribution >= 0.6 is 0 Å². The normalized spacial score (nSPS) is 17.3. The average molecular weight is 390 g/mol. The molecule has 1 saturated heterocycles. The Bertz CT molecular complexity index is 1120. The number of anilines is 1. The van der Waals surface area contributed by atoms with Gasteiger partial charge in [-0.2, -0.15) is 4.98 Å². The summed E-state index contributed by atoms with van der Waals surface area (Å²) in [4.78, 5) is 29.9. The van der Waals surface area contributed by atoms with Crippen LogP contribution < -0.4 is 20.9 Å². The Morgan fingerprint density at radius 1 is 1.34 bits per heavy atom. The number of aryl methyl sites for hydroxylation is 1. The summed E-state index contributed by atoms with van der Waals surface area (Å²) >= 11 is 0. The zero-order valence-corrected chi connectivity index (χ0v) is 16.1. The Labute approximate surface area is 167 Å². The highest BCUT2D eigenvalue weighted by atomic mass is 16.5. The fourth-order valence-corrected chi connectivity index (χ4v) is 3.26. The summed E-state index contributed by atoms with van der Waals surface area (Å²) in [7, 11) is 0. The summed E-state index contributed by atoms with van der Waals surface area (Å²) in [5.74, 6) is 0.310. The first kappa shape index (κ1) is 18.7. The number of H-pyrrole nitrogens is 1. The van der Waals surface area contributed by atoms with Gasteiger partial charge in [0.15, 0.2) is 5.76 Å². The number of aromatic amines is 1. The van der Waals surface area contributed by atoms with Crippen LogP contribution in [0, 0.1) is 6.92 Å². The summed E-state index contributed by atoms with van der Waals surface area (Å²) in [6.45, 7) is 3.85. The molecule has 0 spiro atoms. The van der Waals surface area contributed by atoms with Gasteiger partial charge >= 0.3 is 6.01 Å². The van der Waals surface area contributed by atoms with E-state index in [1.54, 1.807) is 18.5 Å². The summed E-state index contributed by atoms with van der Waals surface area (Å²) in [6, 6.07) is 10.3. The van der Waals surface area contributed by atoms with E-state index in [1.165, 1.54) is 23.6 Å². The van der Waals surface area contributed by atoms with Gasteiger partial charge in [0, 0.05) is 31.2 Å². The number of benzene rings is 1.